The van der Waals surface area contributed by atoms with Crippen LogP contribution in [0.25, 0.3) is 4.96 Å². The molecule has 3 rings (SSSR count). The van der Waals surface area contributed by atoms with Crippen LogP contribution >= 0.6 is 22.7 Å². The van der Waals surface area contributed by atoms with Gasteiger partial charge >= 0.3 is 0 Å². The molecule has 5 nitrogen and oxygen atoms in total. The monoisotopic (exact) mass is 321 g/mol. The Morgan fingerprint density at radius 2 is 2.05 bits per heavy atom. The summed E-state index contributed by atoms with van der Waals surface area (Å²) in [4.78, 5) is 11.2. The third-order valence-electron chi connectivity index (χ3n) is 3.16. The lowest BCUT2D eigenvalue weighted by Gasteiger charge is -2.13. The van der Waals surface area contributed by atoms with Crippen molar-refractivity contribution in [3.8, 4) is 0 Å². The average molecular weight is 321 g/mol. The van der Waals surface area contributed by atoms with Crippen LogP contribution < -0.4 is 5.32 Å². The van der Waals surface area contributed by atoms with Crippen molar-refractivity contribution in [3.63, 3.8) is 0 Å². The summed E-state index contributed by atoms with van der Waals surface area (Å²) in [5, 5.41) is 9.91. The molecule has 1 unspecified atom stereocenters. The smallest absolute Gasteiger partial charge is 0.214 e. The van der Waals surface area contributed by atoms with Crippen molar-refractivity contribution in [3.05, 3.63) is 28.0 Å². The van der Waals surface area contributed by atoms with Gasteiger partial charge in [0.05, 0.1) is 17.9 Å². The van der Waals surface area contributed by atoms with Crippen LogP contribution in [0.3, 0.4) is 0 Å². The number of nitrogens with one attached hydrogen (secondary N) is 1. The average Bonchev–Trinajstić information content (AvgIpc) is 3.01. The van der Waals surface area contributed by atoms with E-state index in [0.717, 1.165) is 20.8 Å². The Bertz CT molecular complexity index is 730. The van der Waals surface area contributed by atoms with E-state index in [9.17, 15) is 0 Å². The first-order valence-corrected chi connectivity index (χ1v) is 8.52. The molecule has 0 aromatic carbocycles. The number of rotatable bonds is 3. The van der Waals surface area contributed by atoms with Crippen molar-refractivity contribution in [2.45, 2.75) is 46.1 Å². The summed E-state index contributed by atoms with van der Waals surface area (Å²) in [6.45, 7) is 10.6. The molecular weight excluding hydrogens is 302 g/mol. The number of anilines is 1. The van der Waals surface area contributed by atoms with Gasteiger partial charge < -0.3 is 5.32 Å². The first-order valence-electron chi connectivity index (χ1n) is 6.88. The van der Waals surface area contributed by atoms with Gasteiger partial charge in [-0.3, -0.25) is 0 Å². The normalized spacial score (nSPS) is 13.8. The van der Waals surface area contributed by atoms with Gasteiger partial charge in [-0.2, -0.15) is 0 Å². The Morgan fingerprint density at radius 1 is 1.29 bits per heavy atom. The highest BCUT2D eigenvalue weighted by molar-refractivity contribution is 7.20. The van der Waals surface area contributed by atoms with Crippen molar-refractivity contribution in [2.24, 2.45) is 0 Å². The van der Waals surface area contributed by atoms with Crippen molar-refractivity contribution >= 4 is 32.8 Å². The number of hydrogen-bond acceptors (Lipinski definition) is 6. The molecule has 0 aliphatic rings. The van der Waals surface area contributed by atoms with Crippen molar-refractivity contribution in [1.82, 2.24) is 19.6 Å². The molecule has 0 saturated heterocycles. The van der Waals surface area contributed by atoms with Crippen LogP contribution in [0.1, 0.15) is 49.3 Å². The van der Waals surface area contributed by atoms with E-state index >= 15 is 0 Å². The fourth-order valence-electron chi connectivity index (χ4n) is 1.94. The van der Waals surface area contributed by atoms with Crippen LogP contribution in [0, 0.1) is 6.92 Å². The third kappa shape index (κ3) is 2.94. The van der Waals surface area contributed by atoms with Crippen LogP contribution in [0.4, 0.5) is 5.13 Å². The predicted molar refractivity (Wildman–Crippen MR) is 88.5 cm³/mol. The van der Waals surface area contributed by atoms with Gasteiger partial charge in [-0.05, 0) is 13.8 Å². The number of hydrogen-bond donors (Lipinski definition) is 1. The molecule has 3 heterocycles. The maximum Gasteiger partial charge on any atom is 0.214 e. The summed E-state index contributed by atoms with van der Waals surface area (Å²) in [5.74, 6) is 0. The second kappa shape index (κ2) is 5.06. The number of nitrogens with zero attached hydrogens (tertiary/aromatic N) is 4. The number of aromatic nitrogens is 4. The summed E-state index contributed by atoms with van der Waals surface area (Å²) in [6.07, 6.45) is 3.91. The lowest BCUT2D eigenvalue weighted by Crippen LogP contribution is -2.11. The van der Waals surface area contributed by atoms with Gasteiger partial charge in [0, 0.05) is 16.5 Å². The molecule has 0 spiro atoms. The maximum atomic E-state index is 4.65. The van der Waals surface area contributed by atoms with Crippen molar-refractivity contribution in [2.75, 3.05) is 5.32 Å². The number of aryl methyl sites for hydroxylation is 1. The molecule has 1 atom stereocenters. The Labute approximate surface area is 132 Å². The Balaban J connectivity index is 1.80. The van der Waals surface area contributed by atoms with Gasteiger partial charge in [0.15, 0.2) is 0 Å². The summed E-state index contributed by atoms with van der Waals surface area (Å²) < 4.78 is 1.85. The maximum absolute atomic E-state index is 4.65. The standard InChI is InChI=1S/C14H19N5S2/c1-8-6-15-11(20-8)9(2)16-12-18-19-7-10(14(3,4)5)17-13(19)21-12/h6-7,9H,1-5H3,(H,16,18). The number of fused-ring (bicyclic) bond motifs is 1. The highest BCUT2D eigenvalue weighted by Gasteiger charge is 2.20. The van der Waals surface area contributed by atoms with Gasteiger partial charge in [0.25, 0.3) is 0 Å². The van der Waals surface area contributed by atoms with Gasteiger partial charge in [0.2, 0.25) is 10.1 Å². The molecule has 0 aliphatic carbocycles. The van der Waals surface area contributed by atoms with Gasteiger partial charge in [0.1, 0.15) is 5.01 Å². The van der Waals surface area contributed by atoms with Crippen LogP contribution in [-0.2, 0) is 5.41 Å². The van der Waals surface area contributed by atoms with Crippen LogP contribution in [0.5, 0.6) is 0 Å². The van der Waals surface area contributed by atoms with E-state index < -0.39 is 0 Å². The minimum absolute atomic E-state index is 0.0483. The van der Waals surface area contributed by atoms with E-state index in [1.165, 1.54) is 4.88 Å². The predicted octanol–water partition coefficient (Wildman–Crippen LogP) is 4.03. The van der Waals surface area contributed by atoms with Gasteiger partial charge in [-0.15, -0.1) is 16.4 Å². The largest absolute Gasteiger partial charge is 0.351 e. The molecule has 1 N–H and O–H groups in total. The second-order valence-corrected chi connectivity index (χ2v) is 8.41. The molecule has 0 amide bonds. The second-order valence-electron chi connectivity index (χ2n) is 6.19. The lowest BCUT2D eigenvalue weighted by atomic mass is 9.93. The zero-order chi connectivity index (χ0) is 15.2. The summed E-state index contributed by atoms with van der Waals surface area (Å²) >= 11 is 3.28. The number of imidazole rings is 1. The van der Waals surface area contributed by atoms with E-state index in [-0.39, 0.29) is 11.5 Å². The van der Waals surface area contributed by atoms with Crippen LogP contribution in [0.15, 0.2) is 12.4 Å². The molecule has 3 aromatic heterocycles. The summed E-state index contributed by atoms with van der Waals surface area (Å²) in [6, 6.07) is 0.154. The fraction of sp³-hybridized carbons (Fsp3) is 0.500. The van der Waals surface area contributed by atoms with Crippen LogP contribution in [0.2, 0.25) is 0 Å². The number of thiazole rings is 1. The molecule has 21 heavy (non-hydrogen) atoms. The molecule has 0 fully saturated rings. The Hall–Kier alpha value is -1.47. The van der Waals surface area contributed by atoms with Gasteiger partial charge in [-0.1, -0.05) is 32.1 Å². The molecular formula is C14H19N5S2. The quantitative estimate of drug-likeness (QED) is 0.791. The highest BCUT2D eigenvalue weighted by Crippen LogP contribution is 2.28. The minimum Gasteiger partial charge on any atom is -0.351 e. The molecule has 0 radical (unpaired) electrons. The zero-order valence-corrected chi connectivity index (χ0v) is 14.5. The first-order chi connectivity index (χ1) is 9.83. The van der Waals surface area contributed by atoms with Gasteiger partial charge in [-0.25, -0.2) is 14.5 Å². The van der Waals surface area contributed by atoms with Crippen molar-refractivity contribution in [1.29, 1.82) is 0 Å². The molecule has 0 bridgehead atoms. The molecule has 7 heteroatoms. The van der Waals surface area contributed by atoms with Crippen LogP contribution in [-0.4, -0.2) is 19.6 Å². The summed E-state index contributed by atoms with van der Waals surface area (Å²) in [5.41, 5.74) is 1.11. The zero-order valence-electron chi connectivity index (χ0n) is 12.8. The van der Waals surface area contributed by atoms with E-state index in [0.29, 0.717) is 0 Å². The Kier molecular flexibility index (Phi) is 3.49. The minimum atomic E-state index is 0.0483. The van der Waals surface area contributed by atoms with E-state index in [4.69, 9.17) is 0 Å². The van der Waals surface area contributed by atoms with E-state index in [2.05, 4.69) is 55.0 Å². The SMILES string of the molecule is Cc1cnc(C(C)Nc2nn3cc(C(C)(C)C)nc3s2)s1. The van der Waals surface area contributed by atoms with E-state index in [1.54, 1.807) is 22.7 Å². The highest BCUT2D eigenvalue weighted by atomic mass is 32.1. The lowest BCUT2D eigenvalue weighted by molar-refractivity contribution is 0.572. The Morgan fingerprint density at radius 3 is 2.62 bits per heavy atom. The third-order valence-corrected chi connectivity index (χ3v) is 5.11. The summed E-state index contributed by atoms with van der Waals surface area (Å²) in [7, 11) is 0. The first kappa shape index (κ1) is 14.5. The molecule has 0 saturated carbocycles. The topological polar surface area (TPSA) is 55.1 Å². The fourth-order valence-corrected chi connectivity index (χ4v) is 3.58. The van der Waals surface area contributed by atoms with E-state index in [1.807, 2.05) is 16.9 Å². The molecule has 112 valence electrons. The molecule has 3 aromatic rings. The van der Waals surface area contributed by atoms with Crippen molar-refractivity contribution < 1.29 is 0 Å². The molecule has 0 aliphatic heterocycles.